The number of amides is 1. The Morgan fingerprint density at radius 2 is 1.71 bits per heavy atom. The first-order chi connectivity index (χ1) is 16.4. The molecule has 0 bridgehead atoms. The molecule has 4 rings (SSSR count). The minimum absolute atomic E-state index is 0.0351. The Kier molecular flexibility index (Phi) is 7.57. The Labute approximate surface area is 205 Å². The minimum Gasteiger partial charge on any atom is -0.497 e. The van der Waals surface area contributed by atoms with Gasteiger partial charge < -0.3 is 19.9 Å². The van der Waals surface area contributed by atoms with Crippen LogP contribution in [0.3, 0.4) is 0 Å². The molecular formula is C26H31N5O2S. The number of nitrogens with one attached hydrogen (secondary N) is 1. The van der Waals surface area contributed by atoms with Gasteiger partial charge in [-0.25, -0.2) is 9.97 Å². The average Bonchev–Trinajstić information content (AvgIpc) is 2.85. The number of anilines is 3. The van der Waals surface area contributed by atoms with E-state index in [0.717, 1.165) is 59.6 Å². The van der Waals surface area contributed by atoms with Gasteiger partial charge in [-0.05, 0) is 44.0 Å². The van der Waals surface area contributed by atoms with E-state index in [1.807, 2.05) is 32.0 Å². The van der Waals surface area contributed by atoms with Crippen LogP contribution in [0.4, 0.5) is 17.2 Å². The quantitative estimate of drug-likeness (QED) is 0.398. The smallest absolute Gasteiger partial charge is 0.234 e. The topological polar surface area (TPSA) is 70.6 Å². The molecule has 7 nitrogen and oxygen atoms in total. The molecule has 1 aromatic heterocycles. The van der Waals surface area contributed by atoms with Crippen molar-refractivity contribution in [3.05, 3.63) is 65.5 Å². The number of ether oxygens (including phenoxy) is 1. The van der Waals surface area contributed by atoms with Crippen molar-refractivity contribution in [1.82, 2.24) is 9.97 Å². The van der Waals surface area contributed by atoms with Crippen molar-refractivity contribution in [2.75, 3.05) is 54.2 Å². The van der Waals surface area contributed by atoms with Gasteiger partial charge >= 0.3 is 0 Å². The third-order valence-corrected chi connectivity index (χ3v) is 6.87. The summed E-state index contributed by atoms with van der Waals surface area (Å²) in [6, 6.07) is 14.3. The highest BCUT2D eigenvalue weighted by Gasteiger charge is 2.19. The van der Waals surface area contributed by atoms with E-state index in [4.69, 9.17) is 4.74 Å². The average molecular weight is 478 g/mol. The van der Waals surface area contributed by atoms with Gasteiger partial charge in [0.1, 0.15) is 22.9 Å². The largest absolute Gasteiger partial charge is 0.497 e. The monoisotopic (exact) mass is 477 g/mol. The zero-order valence-corrected chi connectivity index (χ0v) is 21.0. The summed E-state index contributed by atoms with van der Waals surface area (Å²) < 4.78 is 5.35. The van der Waals surface area contributed by atoms with Crippen LogP contribution in [0.1, 0.15) is 16.7 Å². The lowest BCUT2D eigenvalue weighted by Crippen LogP contribution is -2.46. The van der Waals surface area contributed by atoms with Gasteiger partial charge in [0.15, 0.2) is 0 Å². The van der Waals surface area contributed by atoms with Crippen LogP contribution in [0.15, 0.2) is 53.8 Å². The van der Waals surface area contributed by atoms with Crippen LogP contribution < -0.4 is 19.9 Å². The number of thioether (sulfide) groups is 1. The van der Waals surface area contributed by atoms with E-state index in [-0.39, 0.29) is 5.91 Å². The fraction of sp³-hybridized carbons (Fsp3) is 0.346. The first-order valence-electron chi connectivity index (χ1n) is 11.4. The highest BCUT2D eigenvalue weighted by Crippen LogP contribution is 2.26. The molecule has 0 atom stereocenters. The maximum absolute atomic E-state index is 12.6. The molecule has 0 radical (unpaired) electrons. The van der Waals surface area contributed by atoms with Gasteiger partial charge in [0.25, 0.3) is 0 Å². The highest BCUT2D eigenvalue weighted by molar-refractivity contribution is 7.99. The van der Waals surface area contributed by atoms with Crippen molar-refractivity contribution in [2.45, 2.75) is 25.8 Å². The number of hydrogen-bond donors (Lipinski definition) is 1. The Balaban J connectivity index is 1.32. The maximum Gasteiger partial charge on any atom is 0.234 e. The van der Waals surface area contributed by atoms with Crippen LogP contribution in [0.25, 0.3) is 0 Å². The summed E-state index contributed by atoms with van der Waals surface area (Å²) >= 11 is 1.43. The summed E-state index contributed by atoms with van der Waals surface area (Å²) in [5.74, 6) is 2.03. The van der Waals surface area contributed by atoms with Crippen molar-refractivity contribution in [1.29, 1.82) is 0 Å². The van der Waals surface area contributed by atoms with Crippen molar-refractivity contribution in [3.63, 3.8) is 0 Å². The summed E-state index contributed by atoms with van der Waals surface area (Å²) in [6.45, 7) is 9.64. The molecular weight excluding hydrogens is 446 g/mol. The van der Waals surface area contributed by atoms with Crippen LogP contribution in [0, 0.1) is 20.8 Å². The molecule has 34 heavy (non-hydrogen) atoms. The van der Waals surface area contributed by atoms with Crippen molar-refractivity contribution in [3.8, 4) is 5.75 Å². The van der Waals surface area contributed by atoms with Gasteiger partial charge in [-0.2, -0.15) is 0 Å². The molecule has 2 aromatic carbocycles. The standard InChI is InChI=1S/C26H31N5O2S/c1-18-12-19(2)26(20(3)13-18)29-24(32)16-34-25-15-23(27-17-28-25)31-10-8-30(9-11-31)21-6-5-7-22(14-21)33-4/h5-7,12-15,17H,8-11,16H2,1-4H3,(H,29,32). The van der Waals surface area contributed by atoms with E-state index in [9.17, 15) is 4.79 Å². The zero-order valence-electron chi connectivity index (χ0n) is 20.2. The van der Waals surface area contributed by atoms with E-state index >= 15 is 0 Å². The normalized spacial score (nSPS) is 13.6. The fourth-order valence-electron chi connectivity index (χ4n) is 4.27. The predicted octanol–water partition coefficient (Wildman–Crippen LogP) is 4.47. The highest BCUT2D eigenvalue weighted by atomic mass is 32.2. The SMILES string of the molecule is COc1cccc(N2CCN(c3cc(SCC(=O)Nc4c(C)cc(C)cc4C)ncn3)CC2)c1. The summed E-state index contributed by atoms with van der Waals surface area (Å²) in [5.41, 5.74) is 5.42. The molecule has 8 heteroatoms. The van der Waals surface area contributed by atoms with Crippen LogP contribution in [-0.2, 0) is 4.79 Å². The number of aromatic nitrogens is 2. The molecule has 3 aromatic rings. The first-order valence-corrected chi connectivity index (χ1v) is 12.4. The van der Waals surface area contributed by atoms with Crippen LogP contribution in [0.2, 0.25) is 0 Å². The molecule has 1 aliphatic heterocycles. The number of piperazine rings is 1. The molecule has 1 N–H and O–H groups in total. The van der Waals surface area contributed by atoms with E-state index in [2.05, 4.69) is 56.3 Å². The lowest BCUT2D eigenvalue weighted by Gasteiger charge is -2.36. The summed E-state index contributed by atoms with van der Waals surface area (Å²) in [6.07, 6.45) is 1.58. The number of carbonyl (C=O) groups excluding carboxylic acids is 1. The number of methoxy groups -OCH3 is 1. The Morgan fingerprint density at radius 1 is 1.00 bits per heavy atom. The minimum atomic E-state index is -0.0351. The van der Waals surface area contributed by atoms with Crippen molar-refractivity contribution < 1.29 is 9.53 Å². The zero-order chi connectivity index (χ0) is 24.1. The molecule has 178 valence electrons. The summed E-state index contributed by atoms with van der Waals surface area (Å²) in [4.78, 5) is 26.0. The number of rotatable bonds is 7. The molecule has 1 amide bonds. The molecule has 2 heterocycles. The van der Waals surface area contributed by atoms with Gasteiger partial charge in [0.2, 0.25) is 5.91 Å². The van der Waals surface area contributed by atoms with Gasteiger partial charge in [-0.1, -0.05) is 35.5 Å². The number of aryl methyl sites for hydroxylation is 3. The maximum atomic E-state index is 12.6. The van der Waals surface area contributed by atoms with E-state index in [1.54, 1.807) is 13.4 Å². The second kappa shape index (κ2) is 10.8. The van der Waals surface area contributed by atoms with E-state index in [1.165, 1.54) is 23.0 Å². The second-order valence-electron chi connectivity index (χ2n) is 8.50. The number of carbonyl (C=O) groups is 1. The third-order valence-electron chi connectivity index (χ3n) is 5.94. The fourth-order valence-corrected chi connectivity index (χ4v) is 4.94. The van der Waals surface area contributed by atoms with E-state index in [0.29, 0.717) is 5.75 Å². The van der Waals surface area contributed by atoms with Crippen LogP contribution >= 0.6 is 11.8 Å². The van der Waals surface area contributed by atoms with Gasteiger partial charge in [-0.15, -0.1) is 0 Å². The predicted molar refractivity (Wildman–Crippen MR) is 139 cm³/mol. The molecule has 0 aliphatic carbocycles. The van der Waals surface area contributed by atoms with Crippen molar-refractivity contribution >= 4 is 34.9 Å². The molecule has 1 saturated heterocycles. The molecule has 0 spiro atoms. The molecule has 1 aliphatic rings. The summed E-state index contributed by atoms with van der Waals surface area (Å²) in [5, 5.41) is 3.85. The first kappa shape index (κ1) is 23.9. The number of hydrogen-bond acceptors (Lipinski definition) is 7. The summed E-state index contributed by atoms with van der Waals surface area (Å²) in [7, 11) is 1.69. The Bertz CT molecular complexity index is 1140. The van der Waals surface area contributed by atoms with E-state index < -0.39 is 0 Å². The second-order valence-corrected chi connectivity index (χ2v) is 9.50. The lowest BCUT2D eigenvalue weighted by molar-refractivity contribution is -0.113. The third kappa shape index (κ3) is 5.80. The Morgan fingerprint density at radius 3 is 2.41 bits per heavy atom. The van der Waals surface area contributed by atoms with Crippen LogP contribution in [-0.4, -0.2) is 54.9 Å². The lowest BCUT2D eigenvalue weighted by atomic mass is 10.1. The van der Waals surface area contributed by atoms with Gasteiger partial charge in [-0.3, -0.25) is 4.79 Å². The van der Waals surface area contributed by atoms with Crippen molar-refractivity contribution in [2.24, 2.45) is 0 Å². The number of nitrogens with zero attached hydrogens (tertiary/aromatic N) is 4. The van der Waals surface area contributed by atoms with Gasteiger partial charge in [0.05, 0.1) is 12.9 Å². The van der Waals surface area contributed by atoms with Crippen LogP contribution in [0.5, 0.6) is 5.75 Å². The van der Waals surface area contributed by atoms with Gasteiger partial charge in [0, 0.05) is 49.7 Å². The molecule has 0 saturated carbocycles. The number of benzene rings is 2. The Hall–Kier alpha value is -3.26. The molecule has 1 fully saturated rings. The molecule has 0 unspecified atom stereocenters.